The fraction of sp³-hybridized carbons (Fsp3) is 0.263. The van der Waals surface area contributed by atoms with Crippen LogP contribution in [-0.2, 0) is 13.0 Å². The van der Waals surface area contributed by atoms with Crippen molar-refractivity contribution in [1.29, 1.82) is 0 Å². The predicted molar refractivity (Wildman–Crippen MR) is 92.7 cm³/mol. The van der Waals surface area contributed by atoms with Gasteiger partial charge in [0, 0.05) is 18.5 Å². The molecule has 1 heterocycles. The first-order chi connectivity index (χ1) is 11.7. The summed E-state index contributed by atoms with van der Waals surface area (Å²) >= 11 is 0. The van der Waals surface area contributed by atoms with Crippen LogP contribution in [-0.4, -0.2) is 17.3 Å². The molecule has 0 aliphatic carbocycles. The summed E-state index contributed by atoms with van der Waals surface area (Å²) in [7, 11) is 1.68. The Morgan fingerprint density at radius 3 is 2.58 bits per heavy atom. The number of nitrogens with zero attached hydrogens (tertiary/aromatic N) is 2. The molecule has 5 heteroatoms. The normalized spacial score (nSPS) is 12.1. The molecular formula is C19H21N3O2. The summed E-state index contributed by atoms with van der Waals surface area (Å²) in [6, 6.07) is 15.9. The number of ether oxygens (including phenoxy) is 1. The van der Waals surface area contributed by atoms with E-state index in [1.54, 1.807) is 7.11 Å². The molecule has 1 aromatic heterocycles. The number of nitrogens with two attached hydrogens (primary N) is 1. The maximum Gasteiger partial charge on any atom is 0.227 e. The average molecular weight is 323 g/mol. The van der Waals surface area contributed by atoms with E-state index in [9.17, 15) is 0 Å². The molecule has 0 amide bonds. The van der Waals surface area contributed by atoms with Crippen LogP contribution in [0.4, 0.5) is 0 Å². The number of benzene rings is 2. The third-order valence-electron chi connectivity index (χ3n) is 4.07. The number of hydrogen-bond acceptors (Lipinski definition) is 5. The summed E-state index contributed by atoms with van der Waals surface area (Å²) in [5, 5.41) is 4.08. The van der Waals surface area contributed by atoms with Gasteiger partial charge in [-0.15, -0.1) is 0 Å². The van der Waals surface area contributed by atoms with Crippen molar-refractivity contribution in [3.63, 3.8) is 0 Å². The highest BCUT2D eigenvalue weighted by molar-refractivity contribution is 5.54. The zero-order valence-corrected chi connectivity index (χ0v) is 13.9. The second kappa shape index (κ2) is 7.27. The lowest BCUT2D eigenvalue weighted by atomic mass is 9.97. The van der Waals surface area contributed by atoms with Gasteiger partial charge in [-0.25, -0.2) is 0 Å². The highest BCUT2D eigenvalue weighted by Gasteiger charge is 2.16. The SMILES string of the molecule is COc1ccccc1C(C)Cc1nc(-c2ccc(CN)cc2)no1. The Bertz CT molecular complexity index is 796. The van der Waals surface area contributed by atoms with Crippen LogP contribution in [0.15, 0.2) is 53.1 Å². The molecule has 2 aromatic carbocycles. The van der Waals surface area contributed by atoms with Crippen LogP contribution in [0.5, 0.6) is 5.75 Å². The fourth-order valence-electron chi connectivity index (χ4n) is 2.69. The quantitative estimate of drug-likeness (QED) is 0.751. The van der Waals surface area contributed by atoms with Crippen LogP contribution in [0.3, 0.4) is 0 Å². The Labute approximate surface area is 141 Å². The van der Waals surface area contributed by atoms with E-state index in [0.29, 0.717) is 24.7 Å². The van der Waals surface area contributed by atoms with Crippen molar-refractivity contribution >= 4 is 0 Å². The lowest BCUT2D eigenvalue weighted by Crippen LogP contribution is -2.01. The van der Waals surface area contributed by atoms with Crippen molar-refractivity contribution in [1.82, 2.24) is 10.1 Å². The van der Waals surface area contributed by atoms with Gasteiger partial charge in [0.05, 0.1) is 7.11 Å². The topological polar surface area (TPSA) is 74.2 Å². The minimum Gasteiger partial charge on any atom is -0.496 e. The molecule has 0 radical (unpaired) electrons. The predicted octanol–water partition coefficient (Wildman–Crippen LogP) is 3.55. The van der Waals surface area contributed by atoms with Crippen LogP contribution in [0.1, 0.15) is 29.9 Å². The Morgan fingerprint density at radius 2 is 1.88 bits per heavy atom. The minimum absolute atomic E-state index is 0.217. The highest BCUT2D eigenvalue weighted by Crippen LogP contribution is 2.29. The van der Waals surface area contributed by atoms with Crippen LogP contribution < -0.4 is 10.5 Å². The van der Waals surface area contributed by atoms with Gasteiger partial charge in [0.1, 0.15) is 5.75 Å². The smallest absolute Gasteiger partial charge is 0.227 e. The average Bonchev–Trinajstić information content (AvgIpc) is 3.10. The summed E-state index contributed by atoms with van der Waals surface area (Å²) in [6.07, 6.45) is 0.661. The van der Waals surface area contributed by atoms with Crippen LogP contribution in [0, 0.1) is 0 Å². The molecule has 0 aliphatic heterocycles. The molecule has 0 saturated heterocycles. The summed E-state index contributed by atoms with van der Waals surface area (Å²) in [4.78, 5) is 4.51. The Balaban J connectivity index is 1.75. The van der Waals surface area contributed by atoms with Gasteiger partial charge in [-0.2, -0.15) is 4.98 Å². The Kier molecular flexibility index (Phi) is 4.91. The molecule has 3 aromatic rings. The first-order valence-electron chi connectivity index (χ1n) is 7.96. The standard InChI is InChI=1S/C19H21N3O2/c1-13(16-5-3-4-6-17(16)23-2)11-18-21-19(22-24-18)15-9-7-14(12-20)8-10-15/h3-10,13H,11-12,20H2,1-2H3. The molecule has 2 N–H and O–H groups in total. The summed E-state index contributed by atoms with van der Waals surface area (Å²) < 4.78 is 10.8. The van der Waals surface area contributed by atoms with Gasteiger partial charge < -0.3 is 15.0 Å². The zero-order valence-electron chi connectivity index (χ0n) is 13.9. The van der Waals surface area contributed by atoms with E-state index < -0.39 is 0 Å². The highest BCUT2D eigenvalue weighted by atomic mass is 16.5. The molecule has 0 aliphatic rings. The van der Waals surface area contributed by atoms with E-state index in [4.69, 9.17) is 15.0 Å². The number of hydrogen-bond donors (Lipinski definition) is 1. The van der Waals surface area contributed by atoms with Crippen molar-refractivity contribution in [2.75, 3.05) is 7.11 Å². The van der Waals surface area contributed by atoms with Gasteiger partial charge in [-0.1, -0.05) is 54.5 Å². The molecule has 124 valence electrons. The van der Waals surface area contributed by atoms with Gasteiger partial charge in [-0.05, 0) is 23.1 Å². The summed E-state index contributed by atoms with van der Waals surface area (Å²) in [6.45, 7) is 2.64. The monoisotopic (exact) mass is 323 g/mol. The maximum absolute atomic E-state index is 5.62. The molecule has 1 atom stereocenters. The van der Waals surface area contributed by atoms with E-state index >= 15 is 0 Å². The van der Waals surface area contributed by atoms with Gasteiger partial charge in [0.2, 0.25) is 11.7 Å². The van der Waals surface area contributed by atoms with E-state index in [-0.39, 0.29) is 5.92 Å². The number of methoxy groups -OCH3 is 1. The maximum atomic E-state index is 5.62. The van der Waals surface area contributed by atoms with Gasteiger partial charge in [-0.3, -0.25) is 0 Å². The molecule has 1 unspecified atom stereocenters. The number of para-hydroxylation sites is 1. The van der Waals surface area contributed by atoms with Crippen molar-refractivity contribution in [3.8, 4) is 17.1 Å². The van der Waals surface area contributed by atoms with E-state index in [0.717, 1.165) is 22.4 Å². The van der Waals surface area contributed by atoms with Crippen molar-refractivity contribution in [3.05, 3.63) is 65.5 Å². The summed E-state index contributed by atoms with van der Waals surface area (Å²) in [5.74, 6) is 2.31. The fourth-order valence-corrected chi connectivity index (χ4v) is 2.69. The van der Waals surface area contributed by atoms with Crippen LogP contribution in [0.2, 0.25) is 0 Å². The largest absolute Gasteiger partial charge is 0.496 e. The molecule has 0 fully saturated rings. The lowest BCUT2D eigenvalue weighted by Gasteiger charge is -2.13. The van der Waals surface area contributed by atoms with Crippen molar-refractivity contribution in [2.24, 2.45) is 5.73 Å². The minimum atomic E-state index is 0.217. The van der Waals surface area contributed by atoms with Crippen molar-refractivity contribution < 1.29 is 9.26 Å². The number of rotatable bonds is 6. The number of aromatic nitrogens is 2. The first kappa shape index (κ1) is 16.2. The Hall–Kier alpha value is -2.66. The molecule has 3 rings (SSSR count). The molecule has 0 bridgehead atoms. The molecule has 0 saturated carbocycles. The van der Waals surface area contributed by atoms with E-state index in [1.165, 1.54) is 0 Å². The van der Waals surface area contributed by atoms with E-state index in [2.05, 4.69) is 23.1 Å². The van der Waals surface area contributed by atoms with Crippen molar-refractivity contribution in [2.45, 2.75) is 25.8 Å². The van der Waals surface area contributed by atoms with Gasteiger partial charge >= 0.3 is 0 Å². The molecular weight excluding hydrogens is 302 g/mol. The summed E-state index contributed by atoms with van der Waals surface area (Å²) in [5.41, 5.74) is 8.75. The lowest BCUT2D eigenvalue weighted by molar-refractivity contribution is 0.368. The second-order valence-corrected chi connectivity index (χ2v) is 5.76. The molecule has 5 nitrogen and oxygen atoms in total. The second-order valence-electron chi connectivity index (χ2n) is 5.76. The van der Waals surface area contributed by atoms with Crippen LogP contribution >= 0.6 is 0 Å². The van der Waals surface area contributed by atoms with E-state index in [1.807, 2.05) is 42.5 Å². The third-order valence-corrected chi connectivity index (χ3v) is 4.07. The van der Waals surface area contributed by atoms with Gasteiger partial charge in [0.15, 0.2) is 0 Å². The molecule has 24 heavy (non-hydrogen) atoms. The molecule has 0 spiro atoms. The van der Waals surface area contributed by atoms with Gasteiger partial charge in [0.25, 0.3) is 0 Å². The Morgan fingerprint density at radius 1 is 1.12 bits per heavy atom. The third kappa shape index (κ3) is 3.46. The van der Waals surface area contributed by atoms with Crippen LogP contribution in [0.25, 0.3) is 11.4 Å². The zero-order chi connectivity index (χ0) is 16.9. The first-order valence-corrected chi connectivity index (χ1v) is 7.96.